The largest absolute Gasteiger partial charge is 0.489 e. The van der Waals surface area contributed by atoms with Crippen molar-refractivity contribution < 1.29 is 9.84 Å². The summed E-state index contributed by atoms with van der Waals surface area (Å²) in [6.45, 7) is 10.1. The van der Waals surface area contributed by atoms with E-state index in [1.165, 1.54) is 18.4 Å². The minimum Gasteiger partial charge on any atom is -0.489 e. The molecule has 1 N–H and O–H groups in total. The van der Waals surface area contributed by atoms with E-state index >= 15 is 0 Å². The van der Waals surface area contributed by atoms with Crippen molar-refractivity contribution in [1.82, 2.24) is 9.80 Å². The lowest BCUT2D eigenvalue weighted by atomic mass is 9.90. The van der Waals surface area contributed by atoms with Gasteiger partial charge in [-0.15, -0.1) is 0 Å². The van der Waals surface area contributed by atoms with Crippen LogP contribution in [0.5, 0.6) is 5.75 Å². The van der Waals surface area contributed by atoms with Crippen LogP contribution in [0.2, 0.25) is 5.02 Å². The summed E-state index contributed by atoms with van der Waals surface area (Å²) in [5.41, 5.74) is 0.698. The fourth-order valence-electron chi connectivity index (χ4n) is 3.94. The molecule has 0 bridgehead atoms. The zero-order valence-electron chi connectivity index (χ0n) is 16.2. The van der Waals surface area contributed by atoms with Gasteiger partial charge in [0.25, 0.3) is 0 Å². The van der Waals surface area contributed by atoms with Gasteiger partial charge in [0.1, 0.15) is 5.75 Å². The summed E-state index contributed by atoms with van der Waals surface area (Å²) in [5, 5.41) is 11.6. The van der Waals surface area contributed by atoms with Crippen LogP contribution in [0, 0.1) is 0 Å². The van der Waals surface area contributed by atoms with E-state index < -0.39 is 5.60 Å². The maximum Gasteiger partial charge on any atom is 0.138 e. The van der Waals surface area contributed by atoms with E-state index in [9.17, 15) is 5.11 Å². The van der Waals surface area contributed by atoms with Crippen LogP contribution in [0.15, 0.2) is 18.2 Å². The number of benzene rings is 1. The number of nitrogens with zero attached hydrogens (tertiary/aromatic N) is 2. The van der Waals surface area contributed by atoms with Crippen LogP contribution in [0.1, 0.15) is 51.5 Å². The van der Waals surface area contributed by atoms with Crippen LogP contribution in [0.4, 0.5) is 0 Å². The number of hydrogen-bond donors (Lipinski definition) is 1. The number of β-amino-alcohol motifs (C(OH)–C–C–N with tert-alkyl or cyclic N) is 1. The van der Waals surface area contributed by atoms with E-state index in [1.54, 1.807) is 0 Å². The number of likely N-dealkylation sites (tertiary alicyclic amines) is 2. The molecule has 5 heteroatoms. The van der Waals surface area contributed by atoms with Crippen molar-refractivity contribution in [3.63, 3.8) is 0 Å². The standard InChI is InChI=1S/C21H33ClN2O2/c1-3-17(2)26-20-7-6-18(14-19(20)22)15-23-12-8-21(25,9-13-23)16-24-10-4-5-11-24/h6-7,14,17,25H,3-5,8-13,15-16H2,1-2H3. The minimum atomic E-state index is -0.507. The van der Waals surface area contributed by atoms with Crippen molar-refractivity contribution in [3.05, 3.63) is 28.8 Å². The van der Waals surface area contributed by atoms with Crippen molar-refractivity contribution >= 4 is 11.6 Å². The first-order chi connectivity index (χ1) is 12.5. The molecule has 3 rings (SSSR count). The van der Waals surface area contributed by atoms with Crippen LogP contribution in [-0.2, 0) is 6.54 Å². The smallest absolute Gasteiger partial charge is 0.138 e. The first-order valence-electron chi connectivity index (χ1n) is 10.1. The van der Waals surface area contributed by atoms with Crippen LogP contribution in [0.25, 0.3) is 0 Å². The van der Waals surface area contributed by atoms with E-state index in [0.29, 0.717) is 5.02 Å². The summed E-state index contributed by atoms with van der Waals surface area (Å²) >= 11 is 6.40. The van der Waals surface area contributed by atoms with Crippen LogP contribution in [0.3, 0.4) is 0 Å². The number of hydrogen-bond acceptors (Lipinski definition) is 4. The lowest BCUT2D eigenvalue weighted by molar-refractivity contribution is -0.0430. The molecule has 0 amide bonds. The summed E-state index contributed by atoms with van der Waals surface area (Å²) in [6, 6.07) is 6.11. The van der Waals surface area contributed by atoms with E-state index in [2.05, 4.69) is 29.7 Å². The molecule has 146 valence electrons. The number of ether oxygens (including phenoxy) is 1. The second-order valence-corrected chi connectivity index (χ2v) is 8.49. The normalized spacial score (nSPS) is 22.5. The summed E-state index contributed by atoms with van der Waals surface area (Å²) in [5.74, 6) is 0.767. The molecule has 1 unspecified atom stereocenters. The molecule has 0 aliphatic carbocycles. The molecule has 26 heavy (non-hydrogen) atoms. The molecular weight excluding hydrogens is 348 g/mol. The minimum absolute atomic E-state index is 0.175. The Morgan fingerprint density at radius 3 is 2.46 bits per heavy atom. The lowest BCUT2D eigenvalue weighted by Crippen LogP contribution is -2.50. The van der Waals surface area contributed by atoms with Crippen molar-refractivity contribution in [3.8, 4) is 5.75 Å². The molecule has 1 aromatic rings. The molecule has 2 aliphatic rings. The van der Waals surface area contributed by atoms with Crippen LogP contribution >= 0.6 is 11.6 Å². The Labute approximate surface area is 163 Å². The van der Waals surface area contributed by atoms with Gasteiger partial charge >= 0.3 is 0 Å². The molecule has 2 saturated heterocycles. The van der Waals surface area contributed by atoms with Crippen LogP contribution in [-0.4, -0.2) is 59.3 Å². The summed E-state index contributed by atoms with van der Waals surface area (Å²) < 4.78 is 5.85. The Bertz CT molecular complexity index is 581. The van der Waals surface area contributed by atoms with Gasteiger partial charge < -0.3 is 14.7 Å². The number of halogens is 1. The molecule has 4 nitrogen and oxygen atoms in total. The van der Waals surface area contributed by atoms with Gasteiger partial charge in [0.2, 0.25) is 0 Å². The zero-order chi connectivity index (χ0) is 18.6. The second kappa shape index (κ2) is 8.92. The molecule has 0 saturated carbocycles. The van der Waals surface area contributed by atoms with Gasteiger partial charge in [0.15, 0.2) is 0 Å². The van der Waals surface area contributed by atoms with E-state index in [-0.39, 0.29) is 6.10 Å². The third-order valence-corrected chi connectivity index (χ3v) is 6.10. The van der Waals surface area contributed by atoms with Crippen molar-refractivity contribution in [2.75, 3.05) is 32.7 Å². The van der Waals surface area contributed by atoms with Gasteiger partial charge in [-0.2, -0.15) is 0 Å². The van der Waals surface area contributed by atoms with Gasteiger partial charge in [0.05, 0.1) is 16.7 Å². The second-order valence-electron chi connectivity index (χ2n) is 8.09. The predicted molar refractivity (Wildman–Crippen MR) is 107 cm³/mol. The SMILES string of the molecule is CCC(C)Oc1ccc(CN2CCC(O)(CN3CCCC3)CC2)cc1Cl. The Morgan fingerprint density at radius 1 is 1.15 bits per heavy atom. The summed E-state index contributed by atoms with van der Waals surface area (Å²) in [7, 11) is 0. The van der Waals surface area contributed by atoms with Gasteiger partial charge in [-0.25, -0.2) is 0 Å². The highest BCUT2D eigenvalue weighted by atomic mass is 35.5. The quantitative estimate of drug-likeness (QED) is 0.777. The lowest BCUT2D eigenvalue weighted by Gasteiger charge is -2.40. The first kappa shape index (κ1) is 19.9. The summed E-state index contributed by atoms with van der Waals surface area (Å²) in [4.78, 5) is 4.84. The van der Waals surface area contributed by atoms with E-state index in [1.807, 2.05) is 12.1 Å². The highest BCUT2D eigenvalue weighted by Gasteiger charge is 2.34. The van der Waals surface area contributed by atoms with Gasteiger partial charge in [-0.05, 0) is 69.8 Å². The maximum atomic E-state index is 10.9. The van der Waals surface area contributed by atoms with E-state index in [4.69, 9.17) is 16.3 Å². The average Bonchev–Trinajstić information content (AvgIpc) is 3.12. The molecule has 1 aromatic carbocycles. The predicted octanol–water partition coefficient (Wildman–Crippen LogP) is 3.94. The molecule has 0 spiro atoms. The van der Waals surface area contributed by atoms with Gasteiger partial charge in [-0.1, -0.05) is 24.6 Å². The Morgan fingerprint density at radius 2 is 1.85 bits per heavy atom. The van der Waals surface area contributed by atoms with Crippen molar-refractivity contribution in [1.29, 1.82) is 0 Å². The first-order valence-corrected chi connectivity index (χ1v) is 10.5. The number of piperidine rings is 1. The number of rotatable bonds is 7. The number of aliphatic hydroxyl groups is 1. The van der Waals surface area contributed by atoms with Gasteiger partial charge in [-0.3, -0.25) is 4.90 Å². The molecule has 0 aromatic heterocycles. The Kier molecular flexibility index (Phi) is 6.84. The van der Waals surface area contributed by atoms with Crippen molar-refractivity contribution in [2.45, 2.75) is 64.2 Å². The van der Waals surface area contributed by atoms with Gasteiger partial charge in [0, 0.05) is 26.2 Å². The maximum absolute atomic E-state index is 10.9. The highest BCUT2D eigenvalue weighted by Crippen LogP contribution is 2.29. The Hall–Kier alpha value is -0.810. The highest BCUT2D eigenvalue weighted by molar-refractivity contribution is 6.32. The molecular formula is C21H33ClN2O2. The molecule has 2 aliphatic heterocycles. The molecule has 2 fully saturated rings. The monoisotopic (exact) mass is 380 g/mol. The summed E-state index contributed by atoms with van der Waals surface area (Å²) in [6.07, 6.45) is 5.40. The third kappa shape index (κ3) is 5.35. The average molecular weight is 381 g/mol. The van der Waals surface area contributed by atoms with Crippen molar-refractivity contribution in [2.24, 2.45) is 0 Å². The molecule has 0 radical (unpaired) electrons. The Balaban J connectivity index is 1.50. The fourth-order valence-corrected chi connectivity index (χ4v) is 4.19. The zero-order valence-corrected chi connectivity index (χ0v) is 17.0. The molecule has 1 atom stereocenters. The van der Waals surface area contributed by atoms with Crippen LogP contribution < -0.4 is 4.74 Å². The topological polar surface area (TPSA) is 35.9 Å². The molecule has 2 heterocycles. The fraction of sp³-hybridized carbons (Fsp3) is 0.714. The van der Waals surface area contributed by atoms with E-state index in [0.717, 1.165) is 64.3 Å². The third-order valence-electron chi connectivity index (χ3n) is 5.81.